The van der Waals surface area contributed by atoms with Gasteiger partial charge in [0, 0.05) is 6.54 Å². The molecule has 0 aliphatic heterocycles. The number of nitrogens with one attached hydrogen (secondary N) is 2. The third-order valence-corrected chi connectivity index (χ3v) is 1.82. The predicted molar refractivity (Wildman–Crippen MR) is 51.5 cm³/mol. The molecule has 9 heteroatoms. The van der Waals surface area contributed by atoms with Gasteiger partial charge in [-0.2, -0.15) is 18.2 Å². The molecule has 0 unspecified atom stereocenters. The number of anilines is 1. The van der Waals surface area contributed by atoms with E-state index in [0.717, 1.165) is 5.01 Å². The summed E-state index contributed by atoms with van der Waals surface area (Å²) in [6, 6.07) is 0. The molecule has 0 saturated carbocycles. The van der Waals surface area contributed by atoms with Gasteiger partial charge >= 0.3 is 6.18 Å². The molecule has 4 N–H and O–H groups in total. The van der Waals surface area contributed by atoms with E-state index in [4.69, 9.17) is 5.84 Å². The Bertz CT molecular complexity index is 322. The molecule has 0 aliphatic carbocycles. The van der Waals surface area contributed by atoms with Gasteiger partial charge in [0.2, 0.25) is 5.95 Å². The van der Waals surface area contributed by atoms with Crippen molar-refractivity contribution in [3.05, 3.63) is 5.82 Å². The van der Waals surface area contributed by atoms with Crippen molar-refractivity contribution in [2.24, 2.45) is 5.84 Å². The number of hydrogen-bond acceptors (Lipinski definition) is 5. The molecule has 1 rings (SSSR count). The van der Waals surface area contributed by atoms with Gasteiger partial charge in [-0.3, -0.25) is 5.01 Å². The van der Waals surface area contributed by atoms with Gasteiger partial charge in [0.05, 0.1) is 0 Å². The molecule has 0 radical (unpaired) electrons. The maximum Gasteiger partial charge on any atom is 0.453 e. The lowest BCUT2D eigenvalue weighted by molar-refractivity contribution is -0.144. The zero-order chi connectivity index (χ0) is 12.2. The fraction of sp³-hybridized carbons (Fsp3) is 0.714. The van der Waals surface area contributed by atoms with Crippen LogP contribution in [0.2, 0.25) is 0 Å². The first-order valence-electron chi connectivity index (χ1n) is 4.61. The van der Waals surface area contributed by atoms with Gasteiger partial charge in [-0.1, -0.05) is 0 Å². The lowest BCUT2D eigenvalue weighted by Gasteiger charge is -2.13. The zero-order valence-corrected chi connectivity index (χ0v) is 8.67. The molecule has 16 heavy (non-hydrogen) atoms. The maximum absolute atomic E-state index is 12.2. The number of halogens is 3. The Labute approximate surface area is 90.0 Å². The Morgan fingerprint density at radius 1 is 1.50 bits per heavy atom. The molecule has 0 aliphatic rings. The van der Waals surface area contributed by atoms with Gasteiger partial charge < -0.3 is 5.32 Å². The zero-order valence-electron chi connectivity index (χ0n) is 8.67. The Morgan fingerprint density at radius 2 is 2.19 bits per heavy atom. The molecule has 1 aromatic rings. The van der Waals surface area contributed by atoms with E-state index in [9.17, 15) is 13.2 Å². The van der Waals surface area contributed by atoms with Crippen LogP contribution in [0.5, 0.6) is 0 Å². The molecule has 0 bridgehead atoms. The molecule has 0 fully saturated rings. The van der Waals surface area contributed by atoms with E-state index < -0.39 is 12.0 Å². The number of rotatable bonds is 5. The van der Waals surface area contributed by atoms with Crippen molar-refractivity contribution in [3.63, 3.8) is 0 Å². The van der Waals surface area contributed by atoms with Gasteiger partial charge in [-0.25, -0.2) is 10.9 Å². The van der Waals surface area contributed by atoms with Crippen LogP contribution < -0.4 is 16.2 Å². The van der Waals surface area contributed by atoms with Crippen LogP contribution in [0.3, 0.4) is 0 Å². The van der Waals surface area contributed by atoms with Crippen LogP contribution in [-0.2, 0) is 6.18 Å². The SMILES string of the molecule is CNCCCN(N)c1nc(C(F)(F)F)n[nH]1. The van der Waals surface area contributed by atoms with Gasteiger partial charge in [-0.15, -0.1) is 5.10 Å². The van der Waals surface area contributed by atoms with Gasteiger partial charge in [-0.05, 0) is 20.0 Å². The van der Waals surface area contributed by atoms with Crippen LogP contribution in [0.4, 0.5) is 19.1 Å². The van der Waals surface area contributed by atoms with Crippen LogP contribution >= 0.6 is 0 Å². The Morgan fingerprint density at radius 3 is 2.69 bits per heavy atom. The minimum Gasteiger partial charge on any atom is -0.320 e. The third kappa shape index (κ3) is 3.35. The van der Waals surface area contributed by atoms with Crippen molar-refractivity contribution in [3.8, 4) is 0 Å². The summed E-state index contributed by atoms with van der Waals surface area (Å²) in [6.07, 6.45) is -3.87. The smallest absolute Gasteiger partial charge is 0.320 e. The molecule has 1 aromatic heterocycles. The topological polar surface area (TPSA) is 82.9 Å². The summed E-state index contributed by atoms with van der Waals surface area (Å²) >= 11 is 0. The van der Waals surface area contributed by atoms with Gasteiger partial charge in [0.1, 0.15) is 0 Å². The van der Waals surface area contributed by atoms with Crippen molar-refractivity contribution in [2.75, 3.05) is 25.1 Å². The highest BCUT2D eigenvalue weighted by molar-refractivity contribution is 5.25. The highest BCUT2D eigenvalue weighted by Crippen LogP contribution is 2.26. The quantitative estimate of drug-likeness (QED) is 0.385. The second kappa shape index (κ2) is 5.12. The minimum absolute atomic E-state index is 0.0940. The number of alkyl halides is 3. The molecule has 92 valence electrons. The lowest BCUT2D eigenvalue weighted by atomic mass is 10.4. The molecular formula is C7H13F3N6. The van der Waals surface area contributed by atoms with Crippen molar-refractivity contribution >= 4 is 5.95 Å². The average Bonchev–Trinajstić information content (AvgIpc) is 2.66. The van der Waals surface area contributed by atoms with Crippen molar-refractivity contribution in [1.29, 1.82) is 0 Å². The standard InChI is InChI=1S/C7H13F3N6/c1-12-3-2-4-16(11)6-13-5(14-15-6)7(8,9)10/h12H,2-4,11H2,1H3,(H,13,14,15). The first-order chi connectivity index (χ1) is 7.45. The van der Waals surface area contributed by atoms with Crippen LogP contribution in [0.15, 0.2) is 0 Å². The Balaban J connectivity index is 2.56. The molecule has 0 saturated heterocycles. The number of nitrogens with two attached hydrogens (primary N) is 1. The summed E-state index contributed by atoms with van der Waals surface area (Å²) in [5, 5.41) is 9.17. The minimum atomic E-state index is -4.55. The average molecular weight is 238 g/mol. The summed E-state index contributed by atoms with van der Waals surface area (Å²) in [4.78, 5) is 3.25. The van der Waals surface area contributed by atoms with Crippen LogP contribution in [0, 0.1) is 0 Å². The van der Waals surface area contributed by atoms with E-state index in [1.165, 1.54) is 0 Å². The first kappa shape index (κ1) is 12.7. The van der Waals surface area contributed by atoms with Gasteiger partial charge in [0.25, 0.3) is 5.82 Å². The van der Waals surface area contributed by atoms with Crippen molar-refractivity contribution in [1.82, 2.24) is 20.5 Å². The summed E-state index contributed by atoms with van der Waals surface area (Å²) < 4.78 is 36.5. The van der Waals surface area contributed by atoms with Crippen LogP contribution in [0.1, 0.15) is 12.2 Å². The van der Waals surface area contributed by atoms with Crippen LogP contribution in [0.25, 0.3) is 0 Å². The van der Waals surface area contributed by atoms with Gasteiger partial charge in [0.15, 0.2) is 0 Å². The molecule has 0 spiro atoms. The van der Waals surface area contributed by atoms with E-state index in [1.54, 1.807) is 7.05 Å². The molecule has 1 heterocycles. The monoisotopic (exact) mass is 238 g/mol. The van der Waals surface area contributed by atoms with Crippen LogP contribution in [-0.4, -0.2) is 35.3 Å². The summed E-state index contributed by atoms with van der Waals surface area (Å²) in [6.45, 7) is 1.10. The fourth-order valence-electron chi connectivity index (χ4n) is 1.04. The molecule has 0 aromatic carbocycles. The van der Waals surface area contributed by atoms with Crippen molar-refractivity contribution in [2.45, 2.75) is 12.6 Å². The van der Waals surface area contributed by atoms with E-state index in [-0.39, 0.29) is 5.95 Å². The highest BCUT2D eigenvalue weighted by atomic mass is 19.4. The molecule has 6 nitrogen and oxygen atoms in total. The molecule has 0 amide bonds. The number of nitrogens with zero attached hydrogens (tertiary/aromatic N) is 3. The first-order valence-corrected chi connectivity index (χ1v) is 4.61. The number of hydrazine groups is 1. The number of H-pyrrole nitrogens is 1. The number of aromatic amines is 1. The second-order valence-electron chi connectivity index (χ2n) is 3.13. The van der Waals surface area contributed by atoms with E-state index in [2.05, 4.69) is 20.5 Å². The lowest BCUT2D eigenvalue weighted by Crippen LogP contribution is -2.34. The Hall–Kier alpha value is -1.35. The van der Waals surface area contributed by atoms with E-state index in [1.807, 2.05) is 0 Å². The predicted octanol–water partition coefficient (Wildman–Crippen LogP) is 0.113. The molecular weight excluding hydrogens is 225 g/mol. The largest absolute Gasteiger partial charge is 0.453 e. The Kier molecular flexibility index (Phi) is 4.07. The van der Waals surface area contributed by atoms with E-state index >= 15 is 0 Å². The highest BCUT2D eigenvalue weighted by Gasteiger charge is 2.36. The summed E-state index contributed by atoms with van der Waals surface area (Å²) in [7, 11) is 1.77. The number of aromatic nitrogens is 3. The number of hydrogen-bond donors (Lipinski definition) is 3. The molecule has 0 atom stereocenters. The maximum atomic E-state index is 12.2. The normalized spacial score (nSPS) is 11.8. The van der Waals surface area contributed by atoms with Crippen molar-refractivity contribution < 1.29 is 13.2 Å². The second-order valence-corrected chi connectivity index (χ2v) is 3.13. The summed E-state index contributed by atoms with van der Waals surface area (Å²) in [5.41, 5.74) is 0. The summed E-state index contributed by atoms with van der Waals surface area (Å²) in [5.74, 6) is 4.19. The van der Waals surface area contributed by atoms with E-state index in [0.29, 0.717) is 19.5 Å². The third-order valence-electron chi connectivity index (χ3n) is 1.82. The fourth-order valence-corrected chi connectivity index (χ4v) is 1.04.